The maximum absolute atomic E-state index is 11.9. The van der Waals surface area contributed by atoms with Gasteiger partial charge in [-0.2, -0.15) is 0 Å². The van der Waals surface area contributed by atoms with Gasteiger partial charge in [0, 0.05) is 0 Å². The van der Waals surface area contributed by atoms with Gasteiger partial charge in [-0.15, -0.1) is 0 Å². The van der Waals surface area contributed by atoms with Crippen molar-refractivity contribution >= 4 is 12.1 Å². The van der Waals surface area contributed by atoms with Crippen LogP contribution in [0.5, 0.6) is 0 Å². The van der Waals surface area contributed by atoms with Crippen molar-refractivity contribution in [1.29, 1.82) is 0 Å². The standard InChI is InChI=1S/C13H17NO4/c1-11(2,3)18-10(17)14-13-6-4-5-7(8(6)13)12(5,13)9(15)16/h5-8H,4H2,1-3H3,(H,14,17)(H,15,16)/t5-,6-,7-,8-,12+,13-/m1/s1. The van der Waals surface area contributed by atoms with Crippen LogP contribution in [-0.4, -0.2) is 28.3 Å². The Morgan fingerprint density at radius 3 is 2.39 bits per heavy atom. The summed E-state index contributed by atoms with van der Waals surface area (Å²) in [6.45, 7) is 5.42. The number of rotatable bonds is 2. The molecule has 0 saturated heterocycles. The number of carboxylic acid groups (broad SMARTS) is 1. The smallest absolute Gasteiger partial charge is 0.408 e. The van der Waals surface area contributed by atoms with Gasteiger partial charge in [-0.25, -0.2) is 4.79 Å². The van der Waals surface area contributed by atoms with Crippen molar-refractivity contribution in [2.45, 2.75) is 38.3 Å². The Kier molecular flexibility index (Phi) is 1.42. The van der Waals surface area contributed by atoms with Gasteiger partial charge < -0.3 is 15.2 Å². The number of hydrogen-bond acceptors (Lipinski definition) is 3. The van der Waals surface area contributed by atoms with Crippen molar-refractivity contribution < 1.29 is 19.4 Å². The zero-order valence-corrected chi connectivity index (χ0v) is 10.7. The lowest BCUT2D eigenvalue weighted by atomic mass is 9.78. The van der Waals surface area contributed by atoms with E-state index in [2.05, 4.69) is 5.32 Å². The molecule has 1 amide bonds. The first-order valence-corrected chi connectivity index (χ1v) is 6.51. The SMILES string of the molecule is CC(C)(C)OC(=O)N[C@@]12[C@H]3[C@H]4[C@@H](C[C@H]31)[C@@]42C(=O)O. The molecule has 0 aromatic heterocycles. The second-order valence-corrected chi connectivity index (χ2v) is 7.17. The highest BCUT2D eigenvalue weighted by molar-refractivity contribution is 5.91. The van der Waals surface area contributed by atoms with E-state index in [1.165, 1.54) is 0 Å². The molecule has 0 aliphatic heterocycles. The summed E-state index contributed by atoms with van der Waals surface area (Å²) in [5.74, 6) is 0.696. The van der Waals surface area contributed by atoms with Crippen molar-refractivity contribution in [3.8, 4) is 0 Å². The summed E-state index contributed by atoms with van der Waals surface area (Å²) < 4.78 is 5.25. The van der Waals surface area contributed by atoms with E-state index in [0.717, 1.165) is 6.42 Å². The van der Waals surface area contributed by atoms with E-state index in [9.17, 15) is 14.7 Å². The Balaban J connectivity index is 1.55. The summed E-state index contributed by atoms with van der Waals surface area (Å²) in [7, 11) is 0. The Labute approximate surface area is 105 Å². The second kappa shape index (κ2) is 2.40. The first-order valence-electron chi connectivity index (χ1n) is 6.51. The zero-order valence-electron chi connectivity index (χ0n) is 10.7. The largest absolute Gasteiger partial charge is 0.481 e. The van der Waals surface area contributed by atoms with Crippen LogP contribution in [0.15, 0.2) is 0 Å². The van der Waals surface area contributed by atoms with Crippen molar-refractivity contribution in [3.05, 3.63) is 0 Å². The van der Waals surface area contributed by atoms with E-state index in [4.69, 9.17) is 4.74 Å². The average Bonchev–Trinajstić information content (AvgIpc) is 2.77. The van der Waals surface area contributed by atoms with Crippen molar-refractivity contribution in [2.75, 3.05) is 0 Å². The Morgan fingerprint density at radius 1 is 1.28 bits per heavy atom. The molecule has 6 atom stereocenters. The van der Waals surface area contributed by atoms with Crippen LogP contribution in [0.2, 0.25) is 0 Å². The molecule has 5 rings (SSSR count). The van der Waals surface area contributed by atoms with Gasteiger partial charge in [0.1, 0.15) is 5.60 Å². The lowest BCUT2D eigenvalue weighted by Gasteiger charge is -2.34. The Bertz CT molecular complexity index is 484. The number of nitrogens with one attached hydrogen (secondary N) is 1. The number of aliphatic carboxylic acids is 1. The summed E-state index contributed by atoms with van der Waals surface area (Å²) in [5, 5.41) is 12.3. The third-order valence-electron chi connectivity index (χ3n) is 5.51. The maximum Gasteiger partial charge on any atom is 0.408 e. The van der Waals surface area contributed by atoms with Crippen LogP contribution in [0.1, 0.15) is 27.2 Å². The normalized spacial score (nSPS) is 53.1. The molecule has 5 saturated carbocycles. The molecule has 0 radical (unpaired) electrons. The highest BCUT2D eigenvalue weighted by Gasteiger charge is 3.07. The number of carbonyl (C=O) groups is 2. The first-order chi connectivity index (χ1) is 8.27. The number of carbonyl (C=O) groups excluding carboxylic acids is 1. The predicted octanol–water partition coefficient (Wildman–Crippen LogP) is 1.23. The quantitative estimate of drug-likeness (QED) is 0.774. The number of carboxylic acids is 1. The highest BCUT2D eigenvalue weighted by Crippen LogP contribution is 3.00. The number of alkyl carbamates (subject to hydrolysis) is 1. The van der Waals surface area contributed by atoms with E-state index < -0.39 is 28.6 Å². The average molecular weight is 251 g/mol. The minimum absolute atomic E-state index is 0.305. The molecule has 5 heteroatoms. The molecular weight excluding hydrogens is 234 g/mol. The summed E-state index contributed by atoms with van der Waals surface area (Å²) in [5.41, 5.74) is -1.65. The third-order valence-corrected chi connectivity index (χ3v) is 5.51. The molecule has 98 valence electrons. The second-order valence-electron chi connectivity index (χ2n) is 7.17. The van der Waals surface area contributed by atoms with E-state index in [1.807, 2.05) is 20.8 Å². The number of hydrogen-bond donors (Lipinski definition) is 2. The molecule has 2 N–H and O–H groups in total. The first kappa shape index (κ1) is 10.6. The molecule has 2 bridgehead atoms. The van der Waals surface area contributed by atoms with Gasteiger partial charge in [-0.3, -0.25) is 4.79 Å². The Morgan fingerprint density at radius 2 is 1.94 bits per heavy atom. The summed E-state index contributed by atoms with van der Waals surface area (Å²) in [4.78, 5) is 23.4. The van der Waals surface area contributed by atoms with Crippen LogP contribution < -0.4 is 5.32 Å². The summed E-state index contributed by atoms with van der Waals surface area (Å²) in [6.07, 6.45) is 0.499. The van der Waals surface area contributed by atoms with Gasteiger partial charge in [0.2, 0.25) is 0 Å². The Hall–Kier alpha value is -1.26. The van der Waals surface area contributed by atoms with Crippen LogP contribution >= 0.6 is 0 Å². The maximum atomic E-state index is 11.9. The van der Waals surface area contributed by atoms with Gasteiger partial charge in [-0.1, -0.05) is 0 Å². The predicted molar refractivity (Wildman–Crippen MR) is 60.7 cm³/mol. The summed E-state index contributed by atoms with van der Waals surface area (Å²) in [6, 6.07) is 0. The zero-order chi connectivity index (χ0) is 13.1. The fourth-order valence-electron chi connectivity index (χ4n) is 5.28. The molecule has 0 unspecified atom stereocenters. The topological polar surface area (TPSA) is 75.6 Å². The van der Waals surface area contributed by atoms with E-state index >= 15 is 0 Å². The molecular formula is C13H17NO4. The molecule has 0 heterocycles. The van der Waals surface area contributed by atoms with Gasteiger partial charge in [0.05, 0.1) is 11.0 Å². The minimum atomic E-state index is -0.732. The molecule has 5 aliphatic carbocycles. The molecule has 18 heavy (non-hydrogen) atoms. The van der Waals surface area contributed by atoms with Gasteiger partial charge in [0.15, 0.2) is 0 Å². The fraction of sp³-hybridized carbons (Fsp3) is 0.846. The van der Waals surface area contributed by atoms with Crippen LogP contribution in [0.4, 0.5) is 4.79 Å². The van der Waals surface area contributed by atoms with Crippen LogP contribution in [0.25, 0.3) is 0 Å². The minimum Gasteiger partial charge on any atom is -0.481 e. The van der Waals surface area contributed by atoms with Crippen LogP contribution in [-0.2, 0) is 9.53 Å². The molecule has 5 aliphatic rings. The molecule has 5 fully saturated rings. The molecule has 0 spiro atoms. The third kappa shape index (κ3) is 0.780. The molecule has 0 aromatic rings. The molecule has 0 aromatic carbocycles. The van der Waals surface area contributed by atoms with E-state index in [0.29, 0.717) is 23.7 Å². The van der Waals surface area contributed by atoms with Crippen molar-refractivity contribution in [2.24, 2.45) is 29.1 Å². The molecule has 5 nitrogen and oxygen atoms in total. The van der Waals surface area contributed by atoms with Gasteiger partial charge in [0.25, 0.3) is 0 Å². The van der Waals surface area contributed by atoms with E-state index in [1.54, 1.807) is 0 Å². The van der Waals surface area contributed by atoms with Crippen LogP contribution in [0, 0.1) is 29.1 Å². The number of amides is 1. The number of ether oxygens (including phenoxy) is 1. The van der Waals surface area contributed by atoms with Crippen molar-refractivity contribution in [1.82, 2.24) is 5.32 Å². The lowest BCUT2D eigenvalue weighted by Crippen LogP contribution is -2.56. The van der Waals surface area contributed by atoms with E-state index in [-0.39, 0.29) is 0 Å². The monoisotopic (exact) mass is 251 g/mol. The van der Waals surface area contributed by atoms with Gasteiger partial charge in [-0.05, 0) is 50.9 Å². The van der Waals surface area contributed by atoms with Crippen LogP contribution in [0.3, 0.4) is 0 Å². The highest BCUT2D eigenvalue weighted by atomic mass is 16.6. The summed E-state index contributed by atoms with van der Waals surface area (Å²) >= 11 is 0. The fourth-order valence-corrected chi connectivity index (χ4v) is 5.28. The van der Waals surface area contributed by atoms with Crippen molar-refractivity contribution in [3.63, 3.8) is 0 Å². The lowest BCUT2D eigenvalue weighted by molar-refractivity contribution is -0.148. The van der Waals surface area contributed by atoms with Gasteiger partial charge >= 0.3 is 12.1 Å².